The molecule has 1 aliphatic rings. The second-order valence-corrected chi connectivity index (χ2v) is 4.96. The van der Waals surface area contributed by atoms with Crippen LogP contribution in [0.4, 0.5) is 10.1 Å². The Morgan fingerprint density at radius 2 is 2.38 bits per heavy atom. The fourth-order valence-electron chi connectivity index (χ4n) is 2.48. The van der Waals surface area contributed by atoms with E-state index in [1.807, 2.05) is 17.8 Å². The number of halogens is 1. The number of amides is 1. The van der Waals surface area contributed by atoms with E-state index in [0.717, 1.165) is 6.20 Å². The van der Waals surface area contributed by atoms with E-state index in [9.17, 15) is 9.18 Å². The third-order valence-corrected chi connectivity index (χ3v) is 3.51. The van der Waals surface area contributed by atoms with Crippen LogP contribution in [-0.4, -0.2) is 27.0 Å². The molecule has 0 spiro atoms. The molecule has 0 saturated carbocycles. The smallest absolute Gasteiger partial charge is 0.230 e. The normalized spacial score (nSPS) is 21.4. The Bertz CT molecular complexity index is 658. The number of anilines is 1. The molecule has 1 saturated heterocycles. The third-order valence-electron chi connectivity index (χ3n) is 3.51. The first-order valence-corrected chi connectivity index (χ1v) is 6.65. The molecule has 0 aromatic carbocycles. The number of pyridine rings is 1. The number of nitrogens with zero attached hydrogens (tertiary/aromatic N) is 3. The molecule has 7 heteroatoms. The van der Waals surface area contributed by atoms with E-state index < -0.39 is 5.82 Å². The van der Waals surface area contributed by atoms with Crippen molar-refractivity contribution in [3.8, 4) is 0 Å². The van der Waals surface area contributed by atoms with E-state index in [1.165, 1.54) is 12.3 Å². The van der Waals surface area contributed by atoms with Crippen LogP contribution in [-0.2, 0) is 16.6 Å². The summed E-state index contributed by atoms with van der Waals surface area (Å²) in [7, 11) is 1.86. The number of aromatic nitrogens is 3. The van der Waals surface area contributed by atoms with Gasteiger partial charge in [-0.1, -0.05) is 0 Å². The van der Waals surface area contributed by atoms with Gasteiger partial charge < -0.3 is 14.6 Å². The van der Waals surface area contributed by atoms with Crippen molar-refractivity contribution in [3.05, 3.63) is 42.5 Å². The predicted octanol–water partition coefficient (Wildman–Crippen LogP) is 1.67. The molecule has 21 heavy (non-hydrogen) atoms. The highest BCUT2D eigenvalue weighted by molar-refractivity contribution is 5.93. The highest BCUT2D eigenvalue weighted by Crippen LogP contribution is 2.34. The number of ether oxygens (including phenoxy) is 1. The van der Waals surface area contributed by atoms with Crippen LogP contribution in [0.25, 0.3) is 0 Å². The van der Waals surface area contributed by atoms with Gasteiger partial charge >= 0.3 is 0 Å². The Balaban J connectivity index is 1.76. The quantitative estimate of drug-likeness (QED) is 0.933. The first-order valence-electron chi connectivity index (χ1n) is 6.65. The minimum absolute atomic E-state index is 0.215. The maximum absolute atomic E-state index is 13.1. The first-order chi connectivity index (χ1) is 10.1. The van der Waals surface area contributed by atoms with Crippen LogP contribution in [0.2, 0.25) is 0 Å². The molecule has 1 N–H and O–H groups in total. The molecular formula is C14H15FN4O2. The second-order valence-electron chi connectivity index (χ2n) is 4.96. The average molecular weight is 290 g/mol. The van der Waals surface area contributed by atoms with Gasteiger partial charge in [-0.25, -0.2) is 9.37 Å². The zero-order valence-corrected chi connectivity index (χ0v) is 11.5. The predicted molar refractivity (Wildman–Crippen MR) is 72.8 cm³/mol. The Morgan fingerprint density at radius 1 is 1.52 bits per heavy atom. The molecule has 2 atom stereocenters. The van der Waals surface area contributed by atoms with Gasteiger partial charge in [-0.3, -0.25) is 9.78 Å². The summed E-state index contributed by atoms with van der Waals surface area (Å²) in [4.78, 5) is 20.3. The molecular weight excluding hydrogens is 275 g/mol. The third kappa shape index (κ3) is 2.78. The topological polar surface area (TPSA) is 69.0 Å². The lowest BCUT2D eigenvalue weighted by Crippen LogP contribution is -2.26. The zero-order valence-electron chi connectivity index (χ0n) is 11.5. The van der Waals surface area contributed by atoms with E-state index in [1.54, 1.807) is 6.20 Å². The number of hydrogen-bond donors (Lipinski definition) is 1. The largest absolute Gasteiger partial charge is 0.369 e. The van der Waals surface area contributed by atoms with Gasteiger partial charge in [0.25, 0.3) is 0 Å². The van der Waals surface area contributed by atoms with Gasteiger partial charge in [-0.2, -0.15) is 0 Å². The molecule has 2 aromatic rings. The highest BCUT2D eigenvalue weighted by Gasteiger charge is 2.37. The Labute approximate surface area is 121 Å². The van der Waals surface area contributed by atoms with Gasteiger partial charge in [0.1, 0.15) is 17.7 Å². The lowest BCUT2D eigenvalue weighted by atomic mass is 9.99. The van der Waals surface area contributed by atoms with Gasteiger partial charge in [-0.15, -0.1) is 0 Å². The lowest BCUT2D eigenvalue weighted by molar-refractivity contribution is -0.121. The van der Waals surface area contributed by atoms with E-state index >= 15 is 0 Å². The van der Waals surface area contributed by atoms with Crippen molar-refractivity contribution >= 4 is 11.6 Å². The number of nitrogens with one attached hydrogen (secondary N) is 1. The summed E-state index contributed by atoms with van der Waals surface area (Å²) in [6.07, 6.45) is 6.20. The standard InChI is InChI=1S/C14H15FN4O2/c1-19-4-3-17-13(19)12-11(2-5-21-12)14(20)18-10-6-9(15)7-16-8-10/h3-4,6-8,11-12H,2,5H2,1H3,(H,18,20)/t11-,12-/m1/s1. The summed E-state index contributed by atoms with van der Waals surface area (Å²) in [5.74, 6) is -0.344. The number of hydrogen-bond acceptors (Lipinski definition) is 4. The summed E-state index contributed by atoms with van der Waals surface area (Å²) < 4.78 is 20.6. The van der Waals surface area contributed by atoms with E-state index in [-0.39, 0.29) is 17.9 Å². The highest BCUT2D eigenvalue weighted by atomic mass is 19.1. The fraction of sp³-hybridized carbons (Fsp3) is 0.357. The van der Waals surface area contributed by atoms with Gasteiger partial charge in [0.05, 0.1) is 24.0 Å². The van der Waals surface area contributed by atoms with Crippen molar-refractivity contribution < 1.29 is 13.9 Å². The summed E-state index contributed by atoms with van der Waals surface area (Å²) in [6, 6.07) is 1.23. The van der Waals surface area contributed by atoms with Crippen LogP contribution in [0.3, 0.4) is 0 Å². The minimum atomic E-state index is -0.490. The zero-order chi connectivity index (χ0) is 14.8. The number of carbonyl (C=O) groups is 1. The van der Waals surface area contributed by atoms with Crippen LogP contribution in [0, 0.1) is 11.7 Å². The molecule has 110 valence electrons. The Kier molecular flexibility index (Phi) is 3.66. The summed E-state index contributed by atoms with van der Waals surface area (Å²) >= 11 is 0. The Hall–Kier alpha value is -2.28. The van der Waals surface area contributed by atoms with Crippen LogP contribution < -0.4 is 5.32 Å². The molecule has 0 bridgehead atoms. The number of aryl methyl sites for hydroxylation is 1. The SMILES string of the molecule is Cn1ccnc1[C@@H]1OCC[C@H]1C(=O)Nc1cncc(F)c1. The molecule has 1 aliphatic heterocycles. The van der Waals surface area contributed by atoms with Crippen molar-refractivity contribution in [1.29, 1.82) is 0 Å². The first kappa shape index (κ1) is 13.7. The second kappa shape index (κ2) is 5.61. The number of carbonyl (C=O) groups excluding carboxylic acids is 1. The van der Waals surface area contributed by atoms with E-state index in [4.69, 9.17) is 4.74 Å². The van der Waals surface area contributed by atoms with Crippen LogP contribution >= 0.6 is 0 Å². The molecule has 0 radical (unpaired) electrons. The maximum Gasteiger partial charge on any atom is 0.230 e. The lowest BCUT2D eigenvalue weighted by Gasteiger charge is -2.17. The van der Waals surface area contributed by atoms with Crippen molar-refractivity contribution in [2.45, 2.75) is 12.5 Å². The number of rotatable bonds is 3. The van der Waals surface area contributed by atoms with Crippen LogP contribution in [0.15, 0.2) is 30.9 Å². The molecule has 2 aromatic heterocycles. The maximum atomic E-state index is 13.1. The number of imidazole rings is 1. The molecule has 3 rings (SSSR count). The molecule has 0 aliphatic carbocycles. The summed E-state index contributed by atoms with van der Waals surface area (Å²) in [5.41, 5.74) is 0.338. The fourth-order valence-corrected chi connectivity index (χ4v) is 2.48. The molecule has 1 amide bonds. The van der Waals surface area contributed by atoms with Gasteiger partial charge in [-0.05, 0) is 6.42 Å². The van der Waals surface area contributed by atoms with Gasteiger partial charge in [0.15, 0.2) is 0 Å². The summed E-state index contributed by atoms with van der Waals surface area (Å²) in [5, 5.41) is 2.68. The minimum Gasteiger partial charge on any atom is -0.369 e. The summed E-state index contributed by atoms with van der Waals surface area (Å²) in [6.45, 7) is 0.497. The van der Waals surface area contributed by atoms with Gasteiger partial charge in [0, 0.05) is 32.1 Å². The Morgan fingerprint density at radius 3 is 3.10 bits per heavy atom. The van der Waals surface area contributed by atoms with Crippen molar-refractivity contribution in [1.82, 2.24) is 14.5 Å². The average Bonchev–Trinajstić information content (AvgIpc) is 3.06. The van der Waals surface area contributed by atoms with E-state index in [2.05, 4.69) is 15.3 Å². The van der Waals surface area contributed by atoms with Gasteiger partial charge in [0.2, 0.25) is 5.91 Å². The van der Waals surface area contributed by atoms with Crippen molar-refractivity contribution in [2.24, 2.45) is 13.0 Å². The van der Waals surface area contributed by atoms with E-state index in [0.29, 0.717) is 24.5 Å². The molecule has 1 fully saturated rings. The van der Waals surface area contributed by atoms with Crippen molar-refractivity contribution in [2.75, 3.05) is 11.9 Å². The van der Waals surface area contributed by atoms with Crippen LogP contribution in [0.1, 0.15) is 18.3 Å². The molecule has 6 nitrogen and oxygen atoms in total. The monoisotopic (exact) mass is 290 g/mol. The molecule has 0 unspecified atom stereocenters. The molecule has 3 heterocycles. The van der Waals surface area contributed by atoms with Crippen molar-refractivity contribution in [3.63, 3.8) is 0 Å². The van der Waals surface area contributed by atoms with Crippen LogP contribution in [0.5, 0.6) is 0 Å².